The third-order valence-corrected chi connectivity index (χ3v) is 5.34. The topological polar surface area (TPSA) is 76.5 Å². The van der Waals surface area contributed by atoms with E-state index in [2.05, 4.69) is 21.8 Å². The Kier molecular flexibility index (Phi) is 5.20. The standard InChI is InChI=1S/C22H24N4O3/c1-3-25-17-9-5-4-8-16(17)24-20(25)13-23-22(28)15-12-21(27)26(14-15)18-10-6-7-11-19(18)29-2/h4-11,15H,3,12-14H2,1-2H3,(H,23,28)/t15-/m0/s1. The molecule has 0 spiro atoms. The Morgan fingerprint density at radius 1 is 1.21 bits per heavy atom. The van der Waals surface area contributed by atoms with Gasteiger partial charge in [-0.1, -0.05) is 24.3 Å². The van der Waals surface area contributed by atoms with Gasteiger partial charge in [-0.15, -0.1) is 0 Å². The van der Waals surface area contributed by atoms with Crippen LogP contribution in [-0.4, -0.2) is 35.0 Å². The molecule has 3 aromatic rings. The lowest BCUT2D eigenvalue weighted by molar-refractivity contribution is -0.126. The first-order chi connectivity index (χ1) is 14.1. The number of para-hydroxylation sites is 4. The molecule has 2 aromatic carbocycles. The molecule has 2 amide bonds. The summed E-state index contributed by atoms with van der Waals surface area (Å²) in [5, 5.41) is 2.97. The normalized spacial score (nSPS) is 16.4. The number of amides is 2. The largest absolute Gasteiger partial charge is 0.495 e. The molecule has 0 saturated carbocycles. The van der Waals surface area contributed by atoms with E-state index < -0.39 is 5.92 Å². The van der Waals surface area contributed by atoms with Gasteiger partial charge in [-0.2, -0.15) is 0 Å². The number of nitrogens with zero attached hydrogens (tertiary/aromatic N) is 3. The van der Waals surface area contributed by atoms with Crippen molar-refractivity contribution < 1.29 is 14.3 Å². The third kappa shape index (κ3) is 3.55. The van der Waals surface area contributed by atoms with E-state index in [0.29, 0.717) is 24.5 Å². The molecule has 1 saturated heterocycles. The summed E-state index contributed by atoms with van der Waals surface area (Å²) in [5.41, 5.74) is 2.66. The van der Waals surface area contributed by atoms with Gasteiger partial charge < -0.3 is 19.5 Å². The van der Waals surface area contributed by atoms with Crippen LogP contribution in [0.2, 0.25) is 0 Å². The second-order valence-electron chi connectivity index (χ2n) is 7.06. The van der Waals surface area contributed by atoms with Crippen molar-refractivity contribution in [2.45, 2.75) is 26.4 Å². The molecule has 1 fully saturated rings. The number of rotatable bonds is 6. The summed E-state index contributed by atoms with van der Waals surface area (Å²) in [5.74, 6) is 0.833. The van der Waals surface area contributed by atoms with Gasteiger partial charge in [0.25, 0.3) is 0 Å². The lowest BCUT2D eigenvalue weighted by Crippen LogP contribution is -2.33. The van der Waals surface area contributed by atoms with E-state index in [-0.39, 0.29) is 18.2 Å². The minimum Gasteiger partial charge on any atom is -0.495 e. The van der Waals surface area contributed by atoms with E-state index in [1.165, 1.54) is 0 Å². The Balaban J connectivity index is 1.45. The first kappa shape index (κ1) is 19.0. The summed E-state index contributed by atoms with van der Waals surface area (Å²) in [4.78, 5) is 31.5. The Morgan fingerprint density at radius 2 is 1.97 bits per heavy atom. The zero-order valence-electron chi connectivity index (χ0n) is 16.6. The smallest absolute Gasteiger partial charge is 0.227 e. The fourth-order valence-corrected chi connectivity index (χ4v) is 3.89. The van der Waals surface area contributed by atoms with Gasteiger partial charge in [0.05, 0.1) is 36.3 Å². The molecule has 2 heterocycles. The molecule has 0 unspecified atom stereocenters. The van der Waals surface area contributed by atoms with Crippen molar-refractivity contribution >= 4 is 28.5 Å². The number of aryl methyl sites for hydroxylation is 1. The second kappa shape index (κ2) is 7.95. The van der Waals surface area contributed by atoms with E-state index in [1.54, 1.807) is 12.0 Å². The highest BCUT2D eigenvalue weighted by Gasteiger charge is 2.36. The van der Waals surface area contributed by atoms with Crippen LogP contribution in [0.25, 0.3) is 11.0 Å². The summed E-state index contributed by atoms with van der Waals surface area (Å²) in [6, 6.07) is 15.3. The number of benzene rings is 2. The van der Waals surface area contributed by atoms with Crippen LogP contribution in [-0.2, 0) is 22.7 Å². The number of carbonyl (C=O) groups is 2. The SMILES string of the molecule is CCn1c(CNC(=O)[C@H]2CC(=O)N(c3ccccc3OC)C2)nc2ccccc21. The van der Waals surface area contributed by atoms with E-state index >= 15 is 0 Å². The van der Waals surface area contributed by atoms with Gasteiger partial charge in [0, 0.05) is 19.5 Å². The molecule has 1 atom stereocenters. The molecular formula is C22H24N4O3. The lowest BCUT2D eigenvalue weighted by Gasteiger charge is -2.19. The van der Waals surface area contributed by atoms with Crippen LogP contribution < -0.4 is 15.0 Å². The molecule has 1 aromatic heterocycles. The number of carbonyl (C=O) groups excluding carboxylic acids is 2. The number of fused-ring (bicyclic) bond motifs is 1. The first-order valence-electron chi connectivity index (χ1n) is 9.77. The molecule has 1 N–H and O–H groups in total. The van der Waals surface area contributed by atoms with Crippen LogP contribution in [0.3, 0.4) is 0 Å². The second-order valence-corrected chi connectivity index (χ2v) is 7.06. The number of ether oxygens (including phenoxy) is 1. The van der Waals surface area contributed by atoms with Crippen molar-refractivity contribution in [3.05, 3.63) is 54.4 Å². The molecule has 29 heavy (non-hydrogen) atoms. The highest BCUT2D eigenvalue weighted by atomic mass is 16.5. The van der Waals surface area contributed by atoms with Crippen LogP contribution in [0.4, 0.5) is 5.69 Å². The van der Waals surface area contributed by atoms with Crippen molar-refractivity contribution in [1.29, 1.82) is 0 Å². The van der Waals surface area contributed by atoms with Gasteiger partial charge in [0.1, 0.15) is 11.6 Å². The monoisotopic (exact) mass is 392 g/mol. The van der Waals surface area contributed by atoms with Crippen LogP contribution in [0.15, 0.2) is 48.5 Å². The number of nitrogens with one attached hydrogen (secondary N) is 1. The zero-order chi connectivity index (χ0) is 20.4. The highest BCUT2D eigenvalue weighted by molar-refractivity contribution is 6.01. The molecule has 7 nitrogen and oxygen atoms in total. The number of hydrogen-bond donors (Lipinski definition) is 1. The predicted octanol–water partition coefficient (Wildman–Crippen LogP) is 2.73. The van der Waals surface area contributed by atoms with Gasteiger partial charge >= 0.3 is 0 Å². The fraction of sp³-hybridized carbons (Fsp3) is 0.318. The number of imidazole rings is 1. The van der Waals surface area contributed by atoms with Crippen LogP contribution in [0, 0.1) is 5.92 Å². The molecule has 1 aliphatic heterocycles. The van der Waals surface area contributed by atoms with Crippen molar-refractivity contribution in [1.82, 2.24) is 14.9 Å². The quantitative estimate of drug-likeness (QED) is 0.700. The summed E-state index contributed by atoms with van der Waals surface area (Å²) >= 11 is 0. The Morgan fingerprint density at radius 3 is 2.76 bits per heavy atom. The van der Waals surface area contributed by atoms with E-state index in [4.69, 9.17) is 4.74 Å². The zero-order valence-corrected chi connectivity index (χ0v) is 16.6. The maximum absolute atomic E-state index is 12.8. The average Bonchev–Trinajstić information content (AvgIpc) is 3.31. The van der Waals surface area contributed by atoms with Crippen LogP contribution in [0.5, 0.6) is 5.75 Å². The number of methoxy groups -OCH3 is 1. The number of aromatic nitrogens is 2. The predicted molar refractivity (Wildman–Crippen MR) is 111 cm³/mol. The average molecular weight is 392 g/mol. The lowest BCUT2D eigenvalue weighted by atomic mass is 10.1. The fourth-order valence-electron chi connectivity index (χ4n) is 3.89. The molecule has 150 valence electrons. The minimum absolute atomic E-state index is 0.0737. The third-order valence-electron chi connectivity index (χ3n) is 5.34. The minimum atomic E-state index is -0.396. The molecule has 0 aliphatic carbocycles. The molecule has 1 aliphatic rings. The Labute approximate surface area is 169 Å². The molecular weight excluding hydrogens is 368 g/mol. The summed E-state index contributed by atoms with van der Waals surface area (Å²) in [6.45, 7) is 3.51. The molecule has 0 bridgehead atoms. The van der Waals surface area contributed by atoms with Crippen molar-refractivity contribution in [3.8, 4) is 5.75 Å². The molecule has 4 rings (SSSR count). The van der Waals surface area contributed by atoms with Gasteiger partial charge in [-0.3, -0.25) is 9.59 Å². The number of hydrogen-bond acceptors (Lipinski definition) is 4. The molecule has 0 radical (unpaired) electrons. The van der Waals surface area contributed by atoms with Gasteiger partial charge in [-0.05, 0) is 31.2 Å². The van der Waals surface area contributed by atoms with Gasteiger partial charge in [0.15, 0.2) is 0 Å². The summed E-state index contributed by atoms with van der Waals surface area (Å²) in [6.07, 6.45) is 0.189. The van der Waals surface area contributed by atoms with Crippen molar-refractivity contribution in [3.63, 3.8) is 0 Å². The maximum Gasteiger partial charge on any atom is 0.227 e. The van der Waals surface area contributed by atoms with Gasteiger partial charge in [-0.25, -0.2) is 4.98 Å². The highest BCUT2D eigenvalue weighted by Crippen LogP contribution is 2.32. The Bertz CT molecular complexity index is 1060. The van der Waals surface area contributed by atoms with Gasteiger partial charge in [0.2, 0.25) is 11.8 Å². The van der Waals surface area contributed by atoms with Crippen LogP contribution in [0.1, 0.15) is 19.2 Å². The summed E-state index contributed by atoms with van der Waals surface area (Å²) < 4.78 is 7.45. The number of anilines is 1. The van der Waals surface area contributed by atoms with E-state index in [1.807, 2.05) is 48.5 Å². The Hall–Kier alpha value is -3.35. The van der Waals surface area contributed by atoms with E-state index in [0.717, 1.165) is 23.4 Å². The van der Waals surface area contributed by atoms with E-state index in [9.17, 15) is 9.59 Å². The van der Waals surface area contributed by atoms with Crippen molar-refractivity contribution in [2.24, 2.45) is 5.92 Å². The maximum atomic E-state index is 12.8. The van der Waals surface area contributed by atoms with Crippen molar-refractivity contribution in [2.75, 3.05) is 18.6 Å². The molecule has 7 heteroatoms. The summed E-state index contributed by atoms with van der Waals surface area (Å²) in [7, 11) is 1.57. The first-order valence-corrected chi connectivity index (χ1v) is 9.77. The van der Waals surface area contributed by atoms with Crippen LogP contribution >= 0.6 is 0 Å².